The molecule has 0 atom stereocenters. The number of benzene rings is 1. The third-order valence-corrected chi connectivity index (χ3v) is 5.55. The molecule has 0 radical (unpaired) electrons. The molecule has 3 aromatic rings. The fourth-order valence-corrected chi connectivity index (χ4v) is 4.27. The minimum atomic E-state index is 0.348. The van der Waals surface area contributed by atoms with Crippen molar-refractivity contribution >= 4 is 51.7 Å². The lowest BCUT2D eigenvalue weighted by Crippen LogP contribution is -2.23. The molecule has 0 bridgehead atoms. The first-order valence-electron chi connectivity index (χ1n) is 8.65. The molecular weight excluding hydrogens is 391 g/mol. The van der Waals surface area contributed by atoms with E-state index in [0.717, 1.165) is 29.7 Å². The summed E-state index contributed by atoms with van der Waals surface area (Å²) in [6.07, 6.45) is 9.24. The Hall–Kier alpha value is -1.62. The molecule has 2 heterocycles. The smallest absolute Gasteiger partial charge is 0.181 e. The van der Waals surface area contributed by atoms with Crippen molar-refractivity contribution in [2.45, 2.75) is 38.1 Å². The van der Waals surface area contributed by atoms with Gasteiger partial charge in [-0.05, 0) is 25.0 Å². The Labute approximate surface area is 166 Å². The highest BCUT2D eigenvalue weighted by Gasteiger charge is 2.22. The van der Waals surface area contributed by atoms with Gasteiger partial charge in [-0.25, -0.2) is 15.0 Å². The Balaban J connectivity index is 1.92. The number of hydrogen-bond donors (Lipinski definition) is 1. The van der Waals surface area contributed by atoms with E-state index in [9.17, 15) is 0 Å². The van der Waals surface area contributed by atoms with Crippen molar-refractivity contribution in [3.05, 3.63) is 45.8 Å². The highest BCUT2D eigenvalue weighted by Crippen LogP contribution is 2.42. The van der Waals surface area contributed by atoms with Crippen LogP contribution >= 0.6 is 34.8 Å². The van der Waals surface area contributed by atoms with E-state index < -0.39 is 0 Å². The number of anilines is 1. The van der Waals surface area contributed by atoms with Crippen LogP contribution in [0.2, 0.25) is 15.2 Å². The highest BCUT2D eigenvalue weighted by atomic mass is 35.5. The number of aromatic nitrogens is 3. The van der Waals surface area contributed by atoms with Gasteiger partial charge in [0.25, 0.3) is 0 Å². The van der Waals surface area contributed by atoms with E-state index >= 15 is 0 Å². The van der Waals surface area contributed by atoms with Crippen molar-refractivity contribution in [1.29, 1.82) is 0 Å². The molecule has 1 saturated carbocycles. The number of halogens is 3. The van der Waals surface area contributed by atoms with Crippen LogP contribution in [-0.2, 0) is 0 Å². The van der Waals surface area contributed by atoms with Crippen molar-refractivity contribution in [3.8, 4) is 11.1 Å². The van der Waals surface area contributed by atoms with Gasteiger partial charge in [-0.1, -0.05) is 60.1 Å². The van der Waals surface area contributed by atoms with E-state index in [4.69, 9.17) is 34.8 Å². The summed E-state index contributed by atoms with van der Waals surface area (Å²) in [5, 5.41) is 5.10. The second-order valence-corrected chi connectivity index (χ2v) is 7.69. The van der Waals surface area contributed by atoms with Crippen molar-refractivity contribution in [2.24, 2.45) is 0 Å². The molecule has 0 spiro atoms. The maximum atomic E-state index is 6.56. The maximum absolute atomic E-state index is 6.56. The molecule has 2 aromatic heterocycles. The summed E-state index contributed by atoms with van der Waals surface area (Å²) < 4.78 is 0. The first-order valence-corrected chi connectivity index (χ1v) is 9.79. The van der Waals surface area contributed by atoms with E-state index in [2.05, 4.69) is 20.3 Å². The van der Waals surface area contributed by atoms with Crippen LogP contribution in [0.5, 0.6) is 0 Å². The van der Waals surface area contributed by atoms with Crippen molar-refractivity contribution in [3.63, 3.8) is 0 Å². The molecule has 1 aliphatic rings. The van der Waals surface area contributed by atoms with Crippen LogP contribution in [-0.4, -0.2) is 21.0 Å². The summed E-state index contributed by atoms with van der Waals surface area (Å²) in [7, 11) is 0. The topological polar surface area (TPSA) is 50.7 Å². The SMILES string of the molecule is Clc1ccc(-c2c(Cl)nc3nccnc3c2NC2CCCCC2)c(Cl)c1. The normalized spacial score (nSPS) is 15.3. The highest BCUT2D eigenvalue weighted by molar-refractivity contribution is 6.38. The quantitative estimate of drug-likeness (QED) is 0.511. The summed E-state index contributed by atoms with van der Waals surface area (Å²) in [6.45, 7) is 0. The number of fused-ring (bicyclic) bond motifs is 1. The van der Waals surface area contributed by atoms with Crippen LogP contribution in [0.15, 0.2) is 30.6 Å². The Bertz CT molecular complexity index is 955. The second kappa shape index (κ2) is 7.55. The van der Waals surface area contributed by atoms with Gasteiger partial charge >= 0.3 is 0 Å². The fourth-order valence-electron chi connectivity index (χ4n) is 3.49. The molecule has 1 N–H and O–H groups in total. The number of nitrogens with one attached hydrogen (secondary N) is 1. The average Bonchev–Trinajstić information content (AvgIpc) is 2.64. The van der Waals surface area contributed by atoms with Gasteiger partial charge in [0.1, 0.15) is 10.7 Å². The Morgan fingerprint density at radius 2 is 1.73 bits per heavy atom. The molecule has 1 aromatic carbocycles. The molecular formula is C19H17Cl3N4. The molecule has 0 aliphatic heterocycles. The lowest BCUT2D eigenvalue weighted by molar-refractivity contribution is 0.463. The largest absolute Gasteiger partial charge is 0.380 e. The molecule has 7 heteroatoms. The van der Waals surface area contributed by atoms with Crippen molar-refractivity contribution in [2.75, 3.05) is 5.32 Å². The zero-order valence-corrected chi connectivity index (χ0v) is 16.2. The van der Waals surface area contributed by atoms with Crippen LogP contribution in [0.1, 0.15) is 32.1 Å². The molecule has 26 heavy (non-hydrogen) atoms. The van der Waals surface area contributed by atoms with Gasteiger partial charge in [0.05, 0.1) is 10.7 Å². The first kappa shape index (κ1) is 17.8. The summed E-state index contributed by atoms with van der Waals surface area (Å²) in [4.78, 5) is 13.3. The molecule has 4 nitrogen and oxygen atoms in total. The molecule has 0 unspecified atom stereocenters. The summed E-state index contributed by atoms with van der Waals surface area (Å²) in [5.41, 5.74) is 3.57. The Morgan fingerprint density at radius 3 is 2.50 bits per heavy atom. The minimum absolute atomic E-state index is 0.348. The van der Waals surface area contributed by atoms with Gasteiger partial charge < -0.3 is 5.32 Å². The lowest BCUT2D eigenvalue weighted by Gasteiger charge is -2.26. The van der Waals surface area contributed by atoms with E-state index in [-0.39, 0.29) is 0 Å². The predicted molar refractivity (Wildman–Crippen MR) is 108 cm³/mol. The van der Waals surface area contributed by atoms with E-state index in [1.54, 1.807) is 24.5 Å². The maximum Gasteiger partial charge on any atom is 0.181 e. The molecule has 1 aliphatic carbocycles. The summed E-state index contributed by atoms with van der Waals surface area (Å²) in [5.74, 6) is 0. The van der Waals surface area contributed by atoms with Gasteiger partial charge in [0, 0.05) is 34.6 Å². The summed E-state index contributed by atoms with van der Waals surface area (Å²) in [6, 6.07) is 5.74. The summed E-state index contributed by atoms with van der Waals surface area (Å²) >= 11 is 19.1. The average molecular weight is 408 g/mol. The zero-order chi connectivity index (χ0) is 18.1. The van der Waals surface area contributed by atoms with Crippen molar-refractivity contribution in [1.82, 2.24) is 15.0 Å². The van der Waals surface area contributed by atoms with Gasteiger partial charge in [0.2, 0.25) is 0 Å². The van der Waals surface area contributed by atoms with Gasteiger partial charge in [-0.3, -0.25) is 0 Å². The number of nitrogens with zero attached hydrogens (tertiary/aromatic N) is 3. The van der Waals surface area contributed by atoms with E-state index in [1.165, 1.54) is 19.3 Å². The van der Waals surface area contributed by atoms with E-state index in [1.807, 2.05) is 6.07 Å². The Morgan fingerprint density at radius 1 is 0.962 bits per heavy atom. The molecule has 134 valence electrons. The predicted octanol–water partition coefficient (Wildman–Crippen LogP) is 6.40. The molecule has 0 amide bonds. The third-order valence-electron chi connectivity index (χ3n) is 4.73. The first-order chi connectivity index (χ1) is 12.6. The molecule has 4 rings (SSSR count). The van der Waals surface area contributed by atoms with Crippen LogP contribution in [0.4, 0.5) is 5.69 Å². The number of rotatable bonds is 3. The lowest BCUT2D eigenvalue weighted by atomic mass is 9.94. The van der Waals surface area contributed by atoms with Crippen LogP contribution in [0.3, 0.4) is 0 Å². The van der Waals surface area contributed by atoms with Gasteiger partial charge in [-0.15, -0.1) is 0 Å². The molecule has 1 fully saturated rings. The number of hydrogen-bond acceptors (Lipinski definition) is 4. The Kier molecular flexibility index (Phi) is 5.16. The third kappa shape index (κ3) is 3.46. The molecule has 0 saturated heterocycles. The monoisotopic (exact) mass is 406 g/mol. The fraction of sp³-hybridized carbons (Fsp3) is 0.316. The van der Waals surface area contributed by atoms with Gasteiger partial charge in [0.15, 0.2) is 5.65 Å². The zero-order valence-electron chi connectivity index (χ0n) is 14.0. The minimum Gasteiger partial charge on any atom is -0.380 e. The number of pyridine rings is 1. The van der Waals surface area contributed by atoms with Crippen LogP contribution in [0.25, 0.3) is 22.3 Å². The van der Waals surface area contributed by atoms with Crippen LogP contribution in [0, 0.1) is 0 Å². The van der Waals surface area contributed by atoms with Crippen molar-refractivity contribution < 1.29 is 0 Å². The van der Waals surface area contributed by atoms with E-state index in [0.29, 0.717) is 32.4 Å². The second-order valence-electron chi connectivity index (χ2n) is 6.48. The standard InChI is InChI=1S/C19H17Cl3N4/c20-11-6-7-13(14(21)10-11)15-16(25-12-4-2-1-3-5-12)17-19(26-18(15)22)24-9-8-23-17/h6-10,12H,1-5H2,(H,24,25,26). The van der Waals surface area contributed by atoms with Gasteiger partial charge in [-0.2, -0.15) is 0 Å². The van der Waals surface area contributed by atoms with Crippen LogP contribution < -0.4 is 5.32 Å².